The van der Waals surface area contributed by atoms with Gasteiger partial charge in [0, 0.05) is 29.9 Å². The summed E-state index contributed by atoms with van der Waals surface area (Å²) in [7, 11) is 2.03. The molecule has 20 heavy (non-hydrogen) atoms. The molecule has 100 valence electrons. The Morgan fingerprint density at radius 2 is 2.10 bits per heavy atom. The largest absolute Gasteiger partial charge is 0.384 e. The molecule has 0 atom stereocenters. The van der Waals surface area contributed by atoms with E-state index in [1.54, 1.807) is 0 Å². The van der Waals surface area contributed by atoms with Gasteiger partial charge in [0.15, 0.2) is 0 Å². The van der Waals surface area contributed by atoms with Crippen LogP contribution in [0.25, 0.3) is 22.4 Å². The van der Waals surface area contributed by atoms with Gasteiger partial charge in [-0.15, -0.1) is 0 Å². The van der Waals surface area contributed by atoms with E-state index in [9.17, 15) is 0 Å². The third-order valence-corrected chi connectivity index (χ3v) is 4.15. The maximum absolute atomic E-state index is 6.07. The molecule has 0 spiro atoms. The van der Waals surface area contributed by atoms with E-state index in [0.29, 0.717) is 0 Å². The van der Waals surface area contributed by atoms with Gasteiger partial charge in [0.2, 0.25) is 0 Å². The Bertz CT molecular complexity index is 820. The molecule has 0 aliphatic carbocycles. The predicted octanol–water partition coefficient (Wildman–Crippen LogP) is 3.86. The fraction of sp³-hybridized carbons (Fsp3) is 0.188. The highest BCUT2D eigenvalue weighted by molar-refractivity contribution is 6.31. The number of anilines is 1. The van der Waals surface area contributed by atoms with Gasteiger partial charge in [-0.05, 0) is 48.4 Å². The number of hydrogen-bond acceptors (Lipinski definition) is 2. The van der Waals surface area contributed by atoms with Crippen LogP contribution in [0.4, 0.5) is 5.69 Å². The maximum Gasteiger partial charge on any atom is 0.140 e. The van der Waals surface area contributed by atoms with Crippen molar-refractivity contribution in [2.75, 3.05) is 11.9 Å². The maximum atomic E-state index is 6.07. The summed E-state index contributed by atoms with van der Waals surface area (Å²) in [5, 5.41) is 4.12. The number of aromatic nitrogens is 2. The van der Waals surface area contributed by atoms with Crippen LogP contribution in [0.2, 0.25) is 5.02 Å². The van der Waals surface area contributed by atoms with Crippen molar-refractivity contribution in [1.29, 1.82) is 0 Å². The first kappa shape index (κ1) is 11.8. The van der Waals surface area contributed by atoms with Crippen LogP contribution < -0.4 is 5.32 Å². The average Bonchev–Trinajstić information content (AvgIpc) is 3.03. The molecular formula is C16H14ClN3. The first-order valence-corrected chi connectivity index (χ1v) is 7.09. The molecular weight excluding hydrogens is 270 g/mol. The van der Waals surface area contributed by atoms with Crippen molar-refractivity contribution in [1.82, 2.24) is 9.55 Å². The van der Waals surface area contributed by atoms with Crippen LogP contribution in [-0.2, 0) is 13.5 Å². The molecule has 4 heteroatoms. The lowest BCUT2D eigenvalue weighted by molar-refractivity contribution is 0.959. The fourth-order valence-corrected chi connectivity index (χ4v) is 3.03. The highest BCUT2D eigenvalue weighted by Crippen LogP contribution is 2.30. The molecule has 0 saturated carbocycles. The van der Waals surface area contributed by atoms with E-state index in [2.05, 4.69) is 28.1 Å². The van der Waals surface area contributed by atoms with Crippen LogP contribution in [0.15, 0.2) is 36.4 Å². The Hall–Kier alpha value is -2.00. The molecule has 2 aromatic carbocycles. The summed E-state index contributed by atoms with van der Waals surface area (Å²) in [6.07, 6.45) is 1.08. The lowest BCUT2D eigenvalue weighted by Gasteiger charge is -2.05. The summed E-state index contributed by atoms with van der Waals surface area (Å²) in [4.78, 5) is 4.73. The van der Waals surface area contributed by atoms with Gasteiger partial charge in [-0.3, -0.25) is 0 Å². The summed E-state index contributed by atoms with van der Waals surface area (Å²) < 4.78 is 2.10. The first-order valence-electron chi connectivity index (χ1n) is 6.71. The molecule has 0 bridgehead atoms. The van der Waals surface area contributed by atoms with Gasteiger partial charge in [0.25, 0.3) is 0 Å². The van der Waals surface area contributed by atoms with Crippen molar-refractivity contribution in [3.8, 4) is 11.4 Å². The third-order valence-electron chi connectivity index (χ3n) is 3.92. The van der Waals surface area contributed by atoms with Crippen LogP contribution in [0, 0.1) is 0 Å². The van der Waals surface area contributed by atoms with E-state index in [0.717, 1.165) is 40.4 Å². The van der Waals surface area contributed by atoms with Gasteiger partial charge in [0.1, 0.15) is 5.82 Å². The number of nitrogens with zero attached hydrogens (tertiary/aromatic N) is 2. The van der Waals surface area contributed by atoms with Crippen LogP contribution in [0.1, 0.15) is 5.56 Å². The molecule has 4 rings (SSSR count). The van der Waals surface area contributed by atoms with Crippen LogP contribution >= 0.6 is 11.6 Å². The summed E-state index contributed by atoms with van der Waals surface area (Å²) in [5.41, 5.74) is 5.81. The molecule has 1 aromatic heterocycles. The molecule has 1 aliphatic rings. The number of halogens is 1. The van der Waals surface area contributed by atoms with Gasteiger partial charge in [0.05, 0.1) is 11.0 Å². The second-order valence-electron chi connectivity index (χ2n) is 5.18. The van der Waals surface area contributed by atoms with E-state index in [-0.39, 0.29) is 0 Å². The van der Waals surface area contributed by atoms with Crippen molar-refractivity contribution in [3.05, 3.63) is 47.0 Å². The van der Waals surface area contributed by atoms with Gasteiger partial charge in [-0.25, -0.2) is 4.98 Å². The highest BCUT2D eigenvalue weighted by Gasteiger charge is 2.14. The lowest BCUT2D eigenvalue weighted by atomic mass is 10.1. The van der Waals surface area contributed by atoms with Crippen LogP contribution in [0.5, 0.6) is 0 Å². The Balaban J connectivity index is 1.92. The summed E-state index contributed by atoms with van der Waals surface area (Å²) in [6.45, 7) is 1.02. The van der Waals surface area contributed by atoms with Crippen LogP contribution in [-0.4, -0.2) is 16.1 Å². The van der Waals surface area contributed by atoms with E-state index >= 15 is 0 Å². The normalized spacial score (nSPS) is 13.5. The topological polar surface area (TPSA) is 29.9 Å². The third kappa shape index (κ3) is 1.70. The minimum atomic E-state index is 0.741. The number of nitrogens with one attached hydrogen (secondary N) is 1. The van der Waals surface area contributed by atoms with Crippen LogP contribution in [0.3, 0.4) is 0 Å². The zero-order valence-corrected chi connectivity index (χ0v) is 11.9. The molecule has 1 N–H and O–H groups in total. The number of rotatable bonds is 1. The number of hydrogen-bond donors (Lipinski definition) is 1. The van der Waals surface area contributed by atoms with E-state index in [4.69, 9.17) is 16.6 Å². The SMILES string of the molecule is Cn1c(-c2ccc3c(c2)CCN3)nc2ccc(Cl)cc21. The summed E-state index contributed by atoms with van der Waals surface area (Å²) in [5.74, 6) is 0.983. The minimum Gasteiger partial charge on any atom is -0.384 e. The molecule has 1 aliphatic heterocycles. The number of imidazole rings is 1. The van der Waals surface area contributed by atoms with Gasteiger partial charge in [-0.2, -0.15) is 0 Å². The van der Waals surface area contributed by atoms with Crippen molar-refractivity contribution >= 4 is 28.3 Å². The minimum absolute atomic E-state index is 0.741. The van der Waals surface area contributed by atoms with Crippen molar-refractivity contribution in [2.45, 2.75) is 6.42 Å². The Morgan fingerprint density at radius 3 is 3.00 bits per heavy atom. The molecule has 3 aromatic rings. The predicted molar refractivity (Wildman–Crippen MR) is 83.4 cm³/mol. The zero-order valence-electron chi connectivity index (χ0n) is 11.2. The van der Waals surface area contributed by atoms with Gasteiger partial charge >= 0.3 is 0 Å². The molecule has 0 saturated heterocycles. The number of benzene rings is 2. The van der Waals surface area contributed by atoms with Crippen molar-refractivity contribution < 1.29 is 0 Å². The summed E-state index contributed by atoms with van der Waals surface area (Å²) in [6, 6.07) is 12.3. The Morgan fingerprint density at radius 1 is 1.20 bits per heavy atom. The second-order valence-corrected chi connectivity index (χ2v) is 5.61. The lowest BCUT2D eigenvalue weighted by Crippen LogP contribution is -1.93. The second kappa shape index (κ2) is 4.25. The molecule has 3 nitrogen and oxygen atoms in total. The number of fused-ring (bicyclic) bond motifs is 2. The quantitative estimate of drug-likeness (QED) is 0.735. The van der Waals surface area contributed by atoms with E-state index in [1.165, 1.54) is 11.3 Å². The molecule has 0 radical (unpaired) electrons. The number of aryl methyl sites for hydroxylation is 1. The molecule has 2 heterocycles. The molecule has 0 fully saturated rings. The van der Waals surface area contributed by atoms with E-state index in [1.807, 2.05) is 25.2 Å². The van der Waals surface area contributed by atoms with Crippen molar-refractivity contribution in [3.63, 3.8) is 0 Å². The molecule has 0 unspecified atom stereocenters. The van der Waals surface area contributed by atoms with E-state index < -0.39 is 0 Å². The Labute approximate surface area is 122 Å². The fourth-order valence-electron chi connectivity index (χ4n) is 2.87. The zero-order chi connectivity index (χ0) is 13.7. The first-order chi connectivity index (χ1) is 9.72. The average molecular weight is 284 g/mol. The highest BCUT2D eigenvalue weighted by atomic mass is 35.5. The summed E-state index contributed by atoms with van der Waals surface area (Å²) >= 11 is 6.07. The van der Waals surface area contributed by atoms with Gasteiger partial charge in [-0.1, -0.05) is 11.6 Å². The van der Waals surface area contributed by atoms with Crippen molar-refractivity contribution in [2.24, 2.45) is 7.05 Å². The molecule has 0 amide bonds. The smallest absolute Gasteiger partial charge is 0.140 e. The standard InChI is InChI=1S/C16H14ClN3/c1-20-15-9-12(17)3-5-14(15)19-16(20)11-2-4-13-10(8-11)6-7-18-13/h2-5,8-9,18H,6-7H2,1H3. The monoisotopic (exact) mass is 283 g/mol. The Kier molecular flexibility index (Phi) is 2.51. The van der Waals surface area contributed by atoms with Gasteiger partial charge < -0.3 is 9.88 Å².